The van der Waals surface area contributed by atoms with E-state index in [9.17, 15) is 4.39 Å². The van der Waals surface area contributed by atoms with Gasteiger partial charge in [0.25, 0.3) is 0 Å². The first kappa shape index (κ1) is 16.8. The zero-order valence-electron chi connectivity index (χ0n) is 14.8. The summed E-state index contributed by atoms with van der Waals surface area (Å²) in [5.41, 5.74) is 2.28. The molecule has 0 spiro atoms. The molecule has 1 atom stereocenters. The van der Waals surface area contributed by atoms with Crippen molar-refractivity contribution in [3.63, 3.8) is 0 Å². The van der Waals surface area contributed by atoms with Crippen molar-refractivity contribution in [3.8, 4) is 11.3 Å². The van der Waals surface area contributed by atoms with Gasteiger partial charge in [-0.25, -0.2) is 14.4 Å². The Morgan fingerprint density at radius 2 is 2.15 bits per heavy atom. The van der Waals surface area contributed by atoms with Crippen molar-refractivity contribution in [2.75, 3.05) is 25.0 Å². The highest BCUT2D eigenvalue weighted by Gasteiger charge is 2.31. The Labute approximate surface area is 150 Å². The zero-order chi connectivity index (χ0) is 18.1. The van der Waals surface area contributed by atoms with Gasteiger partial charge in [0, 0.05) is 18.9 Å². The van der Waals surface area contributed by atoms with E-state index in [1.807, 2.05) is 19.9 Å². The number of anilines is 1. The third-order valence-corrected chi connectivity index (χ3v) is 4.74. The molecular weight excluding hydrogens is 335 g/mol. The van der Waals surface area contributed by atoms with Crippen molar-refractivity contribution in [1.29, 1.82) is 0 Å². The highest BCUT2D eigenvalue weighted by Crippen LogP contribution is 2.30. The van der Waals surface area contributed by atoms with Crippen LogP contribution < -0.4 is 10.6 Å². The number of alkyl halides is 1. The monoisotopic (exact) mass is 356 g/mol. The van der Waals surface area contributed by atoms with Gasteiger partial charge in [-0.2, -0.15) is 0 Å². The first-order valence-corrected chi connectivity index (χ1v) is 8.74. The summed E-state index contributed by atoms with van der Waals surface area (Å²) in [4.78, 5) is 13.4. The smallest absolute Gasteiger partial charge is 0.155 e. The average Bonchev–Trinajstić information content (AvgIpc) is 2.98. The molecule has 1 unspecified atom stereocenters. The molecule has 1 fully saturated rings. The number of rotatable bonds is 4. The SMILES string of the molecule is Cc1noc(C)c1-c1cc2nccnc2c(NCC2(F)CCCNC2)n1. The van der Waals surface area contributed by atoms with E-state index in [0.717, 1.165) is 24.2 Å². The molecular formula is C18H21FN6O. The molecule has 0 aliphatic carbocycles. The molecule has 26 heavy (non-hydrogen) atoms. The number of fused-ring (bicyclic) bond motifs is 1. The van der Waals surface area contributed by atoms with Crippen molar-refractivity contribution in [2.45, 2.75) is 32.4 Å². The first-order chi connectivity index (χ1) is 12.6. The Bertz CT molecular complexity index is 915. The summed E-state index contributed by atoms with van der Waals surface area (Å²) in [7, 11) is 0. The lowest BCUT2D eigenvalue weighted by molar-refractivity contribution is 0.137. The lowest BCUT2D eigenvalue weighted by Crippen LogP contribution is -2.46. The minimum absolute atomic E-state index is 0.170. The molecule has 7 nitrogen and oxygen atoms in total. The number of nitrogens with zero attached hydrogens (tertiary/aromatic N) is 4. The molecule has 8 heteroatoms. The van der Waals surface area contributed by atoms with Crippen LogP contribution in [0.2, 0.25) is 0 Å². The standard InChI is InChI=1S/C18H21FN6O/c1-11-15(12(2)26-25-11)13-8-14-16(22-7-6-21-14)17(24-13)23-10-18(19)4-3-5-20-9-18/h6-8,20H,3-5,9-10H2,1-2H3,(H,23,24). The highest BCUT2D eigenvalue weighted by molar-refractivity contribution is 5.89. The van der Waals surface area contributed by atoms with Crippen molar-refractivity contribution < 1.29 is 8.91 Å². The largest absolute Gasteiger partial charge is 0.365 e. The van der Waals surface area contributed by atoms with E-state index in [-0.39, 0.29) is 6.54 Å². The summed E-state index contributed by atoms with van der Waals surface area (Å²) in [6.07, 6.45) is 4.59. The van der Waals surface area contributed by atoms with Gasteiger partial charge >= 0.3 is 0 Å². The molecule has 1 saturated heterocycles. The number of hydrogen-bond acceptors (Lipinski definition) is 7. The summed E-state index contributed by atoms with van der Waals surface area (Å²) < 4.78 is 20.2. The van der Waals surface area contributed by atoms with E-state index < -0.39 is 5.67 Å². The topological polar surface area (TPSA) is 88.8 Å². The molecule has 0 saturated carbocycles. The highest BCUT2D eigenvalue weighted by atomic mass is 19.1. The zero-order valence-corrected chi connectivity index (χ0v) is 14.8. The molecule has 1 aliphatic rings. The maximum atomic E-state index is 14.9. The van der Waals surface area contributed by atoms with Crippen LogP contribution in [0.3, 0.4) is 0 Å². The Balaban J connectivity index is 1.73. The van der Waals surface area contributed by atoms with E-state index in [1.165, 1.54) is 0 Å². The normalized spacial score (nSPS) is 20.4. The van der Waals surface area contributed by atoms with Crippen LogP contribution in [0, 0.1) is 13.8 Å². The van der Waals surface area contributed by atoms with Crippen LogP contribution in [-0.2, 0) is 0 Å². The molecule has 0 amide bonds. The van der Waals surface area contributed by atoms with Crippen LogP contribution in [0.5, 0.6) is 0 Å². The van der Waals surface area contributed by atoms with E-state index in [2.05, 4.69) is 30.7 Å². The number of aryl methyl sites for hydroxylation is 2. The van der Waals surface area contributed by atoms with Gasteiger partial charge in [0.1, 0.15) is 16.9 Å². The second-order valence-corrected chi connectivity index (χ2v) is 6.76. The third kappa shape index (κ3) is 3.12. The number of pyridine rings is 1. The maximum absolute atomic E-state index is 14.9. The Kier molecular flexibility index (Phi) is 4.28. The molecule has 3 aromatic heterocycles. The van der Waals surface area contributed by atoms with Gasteiger partial charge in [-0.1, -0.05) is 5.16 Å². The first-order valence-electron chi connectivity index (χ1n) is 8.74. The number of aromatic nitrogens is 4. The number of nitrogens with one attached hydrogen (secondary N) is 2. The van der Waals surface area contributed by atoms with Gasteiger partial charge in [-0.15, -0.1) is 0 Å². The molecule has 4 heterocycles. The van der Waals surface area contributed by atoms with Gasteiger partial charge in [-0.3, -0.25) is 4.98 Å². The van der Waals surface area contributed by atoms with E-state index >= 15 is 0 Å². The second kappa shape index (κ2) is 6.60. The lowest BCUT2D eigenvalue weighted by Gasteiger charge is -2.30. The molecule has 0 aromatic carbocycles. The summed E-state index contributed by atoms with van der Waals surface area (Å²) in [6, 6.07) is 1.85. The van der Waals surface area contributed by atoms with E-state index in [0.29, 0.717) is 41.3 Å². The predicted molar refractivity (Wildman–Crippen MR) is 96.7 cm³/mol. The van der Waals surface area contributed by atoms with Crippen molar-refractivity contribution in [3.05, 3.63) is 29.9 Å². The van der Waals surface area contributed by atoms with Gasteiger partial charge in [0.15, 0.2) is 5.82 Å². The van der Waals surface area contributed by atoms with Crippen LogP contribution in [0.1, 0.15) is 24.3 Å². The Morgan fingerprint density at radius 3 is 2.88 bits per heavy atom. The van der Waals surface area contributed by atoms with Gasteiger partial charge in [-0.05, 0) is 39.3 Å². The molecule has 4 rings (SSSR count). The van der Waals surface area contributed by atoms with Gasteiger partial charge < -0.3 is 15.2 Å². The summed E-state index contributed by atoms with van der Waals surface area (Å²) >= 11 is 0. The van der Waals surface area contributed by atoms with Crippen LogP contribution in [0.15, 0.2) is 23.0 Å². The molecule has 1 aliphatic heterocycles. The van der Waals surface area contributed by atoms with Crippen molar-refractivity contribution in [1.82, 2.24) is 25.4 Å². The molecule has 0 bridgehead atoms. The number of hydrogen-bond donors (Lipinski definition) is 2. The molecule has 2 N–H and O–H groups in total. The fourth-order valence-corrected chi connectivity index (χ4v) is 3.40. The molecule has 136 valence electrons. The molecule has 0 radical (unpaired) electrons. The predicted octanol–water partition coefficient (Wildman–Crippen LogP) is 2.80. The van der Waals surface area contributed by atoms with Gasteiger partial charge in [0.2, 0.25) is 0 Å². The Morgan fingerprint density at radius 1 is 1.31 bits per heavy atom. The quantitative estimate of drug-likeness (QED) is 0.743. The number of halogens is 1. The fraction of sp³-hybridized carbons (Fsp3) is 0.444. The van der Waals surface area contributed by atoms with Gasteiger partial charge in [0.05, 0.1) is 29.0 Å². The minimum atomic E-state index is -1.30. The van der Waals surface area contributed by atoms with Crippen molar-refractivity contribution >= 4 is 16.9 Å². The average molecular weight is 356 g/mol. The number of piperidine rings is 1. The molecule has 3 aromatic rings. The third-order valence-electron chi connectivity index (χ3n) is 4.74. The summed E-state index contributed by atoms with van der Waals surface area (Å²) in [5.74, 6) is 1.20. The van der Waals surface area contributed by atoms with Crippen molar-refractivity contribution in [2.24, 2.45) is 0 Å². The summed E-state index contributed by atoms with van der Waals surface area (Å²) in [6.45, 7) is 5.08. The van der Waals surface area contributed by atoms with Crippen LogP contribution >= 0.6 is 0 Å². The van der Waals surface area contributed by atoms with Crippen LogP contribution in [-0.4, -0.2) is 45.4 Å². The summed E-state index contributed by atoms with van der Waals surface area (Å²) in [5, 5.41) is 10.3. The van der Waals surface area contributed by atoms with E-state index in [1.54, 1.807) is 12.4 Å². The van der Waals surface area contributed by atoms with Crippen LogP contribution in [0.25, 0.3) is 22.3 Å². The minimum Gasteiger partial charge on any atom is -0.365 e. The van der Waals surface area contributed by atoms with Crippen LogP contribution in [0.4, 0.5) is 10.2 Å². The van der Waals surface area contributed by atoms with E-state index in [4.69, 9.17) is 4.52 Å². The maximum Gasteiger partial charge on any atom is 0.155 e. The second-order valence-electron chi connectivity index (χ2n) is 6.76. The Hall–Kier alpha value is -2.61. The fourth-order valence-electron chi connectivity index (χ4n) is 3.40. The lowest BCUT2D eigenvalue weighted by atomic mass is 9.96.